The van der Waals surface area contributed by atoms with E-state index < -0.39 is 0 Å². The molecule has 0 aliphatic carbocycles. The molecule has 0 unspecified atom stereocenters. The van der Waals surface area contributed by atoms with Gasteiger partial charge in [0.15, 0.2) is 5.82 Å². The van der Waals surface area contributed by atoms with Gasteiger partial charge in [-0.15, -0.1) is 0 Å². The summed E-state index contributed by atoms with van der Waals surface area (Å²) in [5.74, 6) is 1.04. The average molecular weight is 429 g/mol. The molecule has 0 spiro atoms. The molecule has 32 heavy (non-hydrogen) atoms. The topological polar surface area (TPSA) is 63.2 Å². The lowest BCUT2D eigenvalue weighted by atomic mass is 10.1. The third kappa shape index (κ3) is 4.44. The van der Waals surface area contributed by atoms with E-state index in [-0.39, 0.29) is 5.82 Å². The maximum Gasteiger partial charge on any atom is 0.163 e. The lowest BCUT2D eigenvalue weighted by Gasteiger charge is -2.26. The van der Waals surface area contributed by atoms with Crippen LogP contribution in [0.3, 0.4) is 0 Å². The van der Waals surface area contributed by atoms with Crippen LogP contribution in [0.25, 0.3) is 22.3 Å². The largest absolute Gasteiger partial charge is 0.379 e. The molecule has 5 rings (SSSR count). The van der Waals surface area contributed by atoms with Gasteiger partial charge >= 0.3 is 0 Å². The lowest BCUT2D eigenvalue weighted by Crippen LogP contribution is -2.35. The van der Waals surface area contributed by atoms with Crippen LogP contribution in [0, 0.1) is 12.7 Å². The van der Waals surface area contributed by atoms with Crippen LogP contribution >= 0.6 is 0 Å². The van der Waals surface area contributed by atoms with Gasteiger partial charge in [0.05, 0.1) is 18.7 Å². The molecule has 6 nitrogen and oxygen atoms in total. The van der Waals surface area contributed by atoms with Crippen molar-refractivity contribution in [2.75, 3.05) is 31.6 Å². The van der Waals surface area contributed by atoms with Gasteiger partial charge in [-0.3, -0.25) is 9.88 Å². The van der Waals surface area contributed by atoms with Crippen LogP contribution < -0.4 is 5.32 Å². The summed E-state index contributed by atoms with van der Waals surface area (Å²) in [6, 6.07) is 15.1. The molecular weight excluding hydrogens is 405 g/mol. The zero-order chi connectivity index (χ0) is 21.9. The Morgan fingerprint density at radius 2 is 1.94 bits per heavy atom. The smallest absolute Gasteiger partial charge is 0.163 e. The summed E-state index contributed by atoms with van der Waals surface area (Å²) in [6.45, 7) is 6.00. The molecule has 1 saturated heterocycles. The van der Waals surface area contributed by atoms with E-state index in [1.807, 2.05) is 12.1 Å². The van der Waals surface area contributed by atoms with E-state index in [0.29, 0.717) is 17.2 Å². The number of benzene rings is 2. The van der Waals surface area contributed by atoms with Crippen molar-refractivity contribution in [1.29, 1.82) is 0 Å². The number of nitrogens with zero attached hydrogens (tertiary/aromatic N) is 4. The van der Waals surface area contributed by atoms with Gasteiger partial charge in [-0.05, 0) is 60.5 Å². The Bertz CT molecular complexity index is 1240. The maximum atomic E-state index is 13.7. The highest BCUT2D eigenvalue weighted by Crippen LogP contribution is 2.29. The molecule has 0 bridgehead atoms. The van der Waals surface area contributed by atoms with Crippen LogP contribution in [0.15, 0.2) is 60.9 Å². The predicted octanol–water partition coefficient (Wildman–Crippen LogP) is 4.72. The summed E-state index contributed by atoms with van der Waals surface area (Å²) in [4.78, 5) is 16.2. The number of hydrogen-bond acceptors (Lipinski definition) is 6. The highest BCUT2D eigenvalue weighted by atomic mass is 19.1. The molecule has 1 aliphatic rings. The zero-order valence-corrected chi connectivity index (χ0v) is 17.9. The second-order valence-electron chi connectivity index (χ2n) is 7.97. The molecule has 1 aliphatic heterocycles. The molecule has 7 heteroatoms. The first kappa shape index (κ1) is 20.5. The number of ether oxygens (including phenoxy) is 1. The van der Waals surface area contributed by atoms with E-state index in [0.717, 1.165) is 55.0 Å². The normalized spacial score (nSPS) is 14.6. The molecule has 0 radical (unpaired) electrons. The fourth-order valence-electron chi connectivity index (χ4n) is 3.87. The van der Waals surface area contributed by atoms with Crippen LogP contribution in [0.4, 0.5) is 15.9 Å². The molecular formula is C25H24FN5O. The molecule has 2 aromatic carbocycles. The zero-order valence-electron chi connectivity index (χ0n) is 17.9. The molecule has 1 fully saturated rings. The minimum Gasteiger partial charge on any atom is -0.379 e. The Balaban J connectivity index is 1.56. The van der Waals surface area contributed by atoms with Gasteiger partial charge in [-0.1, -0.05) is 6.07 Å². The first-order chi connectivity index (χ1) is 15.7. The SMILES string of the molecule is Cc1cc(Nc2nc(-c3cccnc3)nc3cc(CN4CCOCC4)ccc23)ccc1F. The average Bonchev–Trinajstić information content (AvgIpc) is 2.82. The number of anilines is 2. The fourth-order valence-corrected chi connectivity index (χ4v) is 3.87. The monoisotopic (exact) mass is 429 g/mol. The van der Waals surface area contributed by atoms with Gasteiger partial charge in [0.2, 0.25) is 0 Å². The van der Waals surface area contributed by atoms with Crippen molar-refractivity contribution in [3.63, 3.8) is 0 Å². The Hall–Kier alpha value is -3.42. The standard InChI is InChI=1S/C25H24FN5O/c1-17-13-20(5-7-22(17)26)28-25-21-6-4-18(16-31-9-11-32-12-10-31)14-23(21)29-24(30-25)19-3-2-8-27-15-19/h2-8,13-15H,9-12,16H2,1H3,(H,28,29,30). The van der Waals surface area contributed by atoms with Gasteiger partial charge in [0.25, 0.3) is 0 Å². The molecule has 0 saturated carbocycles. The first-order valence-corrected chi connectivity index (χ1v) is 10.7. The molecule has 0 atom stereocenters. The van der Waals surface area contributed by atoms with Crippen LogP contribution in [0.2, 0.25) is 0 Å². The Morgan fingerprint density at radius 3 is 2.72 bits per heavy atom. The third-order valence-electron chi connectivity index (χ3n) is 5.61. The van der Waals surface area contributed by atoms with E-state index in [4.69, 9.17) is 14.7 Å². The van der Waals surface area contributed by atoms with Crippen molar-refractivity contribution in [3.05, 3.63) is 77.9 Å². The fraction of sp³-hybridized carbons (Fsp3) is 0.240. The second kappa shape index (κ2) is 8.98. The number of nitrogens with one attached hydrogen (secondary N) is 1. The third-order valence-corrected chi connectivity index (χ3v) is 5.61. The predicted molar refractivity (Wildman–Crippen MR) is 123 cm³/mol. The number of aromatic nitrogens is 3. The summed E-state index contributed by atoms with van der Waals surface area (Å²) in [7, 11) is 0. The Kier molecular flexibility index (Phi) is 5.75. The number of hydrogen-bond donors (Lipinski definition) is 1. The van der Waals surface area contributed by atoms with Gasteiger partial charge in [-0.25, -0.2) is 14.4 Å². The number of halogens is 1. The lowest BCUT2D eigenvalue weighted by molar-refractivity contribution is 0.0342. The molecule has 3 heterocycles. The number of pyridine rings is 1. The van der Waals surface area contributed by atoms with Gasteiger partial charge in [0, 0.05) is 48.7 Å². The Labute approximate surface area is 186 Å². The van der Waals surface area contributed by atoms with E-state index in [9.17, 15) is 4.39 Å². The highest BCUT2D eigenvalue weighted by molar-refractivity contribution is 5.92. The summed E-state index contributed by atoms with van der Waals surface area (Å²) in [6.07, 6.45) is 3.48. The van der Waals surface area contributed by atoms with Crippen molar-refractivity contribution >= 4 is 22.4 Å². The molecule has 162 valence electrons. The Morgan fingerprint density at radius 1 is 1.06 bits per heavy atom. The van der Waals surface area contributed by atoms with Crippen LogP contribution in [0.5, 0.6) is 0 Å². The number of morpholine rings is 1. The minimum atomic E-state index is -0.230. The van der Waals surface area contributed by atoms with E-state index >= 15 is 0 Å². The quantitative estimate of drug-likeness (QED) is 0.496. The molecule has 4 aromatic rings. The van der Waals surface area contributed by atoms with Gasteiger partial charge in [-0.2, -0.15) is 0 Å². The van der Waals surface area contributed by atoms with E-state index in [1.54, 1.807) is 31.5 Å². The van der Waals surface area contributed by atoms with Crippen LogP contribution in [0.1, 0.15) is 11.1 Å². The number of fused-ring (bicyclic) bond motifs is 1. The van der Waals surface area contributed by atoms with Crippen molar-refractivity contribution in [2.24, 2.45) is 0 Å². The van der Waals surface area contributed by atoms with Crippen molar-refractivity contribution in [1.82, 2.24) is 19.9 Å². The number of rotatable bonds is 5. The highest BCUT2D eigenvalue weighted by Gasteiger charge is 2.14. The summed E-state index contributed by atoms with van der Waals surface area (Å²) < 4.78 is 19.2. The molecule has 2 aromatic heterocycles. The van der Waals surface area contributed by atoms with E-state index in [2.05, 4.69) is 33.4 Å². The van der Waals surface area contributed by atoms with Gasteiger partial charge in [0.1, 0.15) is 11.6 Å². The van der Waals surface area contributed by atoms with Crippen molar-refractivity contribution < 1.29 is 9.13 Å². The molecule has 1 N–H and O–H groups in total. The molecule has 0 amide bonds. The summed E-state index contributed by atoms with van der Waals surface area (Å²) >= 11 is 0. The maximum absolute atomic E-state index is 13.7. The second-order valence-corrected chi connectivity index (χ2v) is 7.97. The van der Waals surface area contributed by atoms with Crippen LogP contribution in [-0.2, 0) is 11.3 Å². The van der Waals surface area contributed by atoms with Gasteiger partial charge < -0.3 is 10.1 Å². The van der Waals surface area contributed by atoms with Crippen LogP contribution in [-0.4, -0.2) is 46.2 Å². The minimum absolute atomic E-state index is 0.230. The first-order valence-electron chi connectivity index (χ1n) is 10.7. The van der Waals surface area contributed by atoms with Crippen molar-refractivity contribution in [2.45, 2.75) is 13.5 Å². The van der Waals surface area contributed by atoms with E-state index in [1.165, 1.54) is 11.6 Å². The summed E-state index contributed by atoms with van der Waals surface area (Å²) in [5.41, 5.74) is 4.24. The van der Waals surface area contributed by atoms with Crippen molar-refractivity contribution in [3.8, 4) is 11.4 Å². The number of aryl methyl sites for hydroxylation is 1. The summed E-state index contributed by atoms with van der Waals surface area (Å²) in [5, 5.41) is 4.27.